The number of carbonyl (C=O) groups excluding carboxylic acids is 1. The third-order valence-corrected chi connectivity index (χ3v) is 3.13. The van der Waals surface area contributed by atoms with E-state index in [1.807, 2.05) is 24.3 Å². The summed E-state index contributed by atoms with van der Waals surface area (Å²) in [6, 6.07) is 13.9. The molecule has 0 aliphatic heterocycles. The van der Waals surface area contributed by atoms with Crippen LogP contribution in [0.3, 0.4) is 0 Å². The highest BCUT2D eigenvalue weighted by atomic mass is 19.1. The van der Waals surface area contributed by atoms with E-state index in [0.717, 1.165) is 11.3 Å². The Kier molecular flexibility index (Phi) is 6.83. The monoisotopic (exact) mass is 329 g/mol. The molecular weight excluding hydrogens is 309 g/mol. The molecule has 2 rings (SSSR count). The number of anilines is 1. The lowest BCUT2D eigenvalue weighted by molar-refractivity contribution is -0.137. The maximum absolute atomic E-state index is 13.4. The molecule has 24 heavy (non-hydrogen) atoms. The Morgan fingerprint density at radius 3 is 2.62 bits per heavy atom. The van der Waals surface area contributed by atoms with E-state index >= 15 is 0 Å². The Labute approximate surface area is 140 Å². The largest absolute Gasteiger partial charge is 0.489 e. The van der Waals surface area contributed by atoms with Crippen LogP contribution >= 0.6 is 0 Å². The first-order valence-electron chi connectivity index (χ1n) is 7.75. The molecule has 1 N–H and O–H groups in total. The topological polar surface area (TPSA) is 47.6 Å². The van der Waals surface area contributed by atoms with Gasteiger partial charge in [-0.15, -0.1) is 0 Å². The Morgan fingerprint density at radius 2 is 1.92 bits per heavy atom. The van der Waals surface area contributed by atoms with E-state index in [0.29, 0.717) is 19.8 Å². The van der Waals surface area contributed by atoms with Crippen LogP contribution in [0.5, 0.6) is 5.75 Å². The number of rotatable bonds is 8. The molecule has 0 radical (unpaired) electrons. The zero-order chi connectivity index (χ0) is 17.2. The van der Waals surface area contributed by atoms with Gasteiger partial charge in [0.25, 0.3) is 0 Å². The third-order valence-electron chi connectivity index (χ3n) is 3.13. The number of hydrogen-bond acceptors (Lipinski definition) is 4. The minimum absolute atomic E-state index is 0.249. The van der Waals surface area contributed by atoms with Crippen LogP contribution in [0.15, 0.2) is 54.6 Å². The molecule has 0 heterocycles. The van der Waals surface area contributed by atoms with Crippen molar-refractivity contribution >= 4 is 17.7 Å². The Hall–Kier alpha value is -2.82. The van der Waals surface area contributed by atoms with Gasteiger partial charge in [0.1, 0.15) is 6.61 Å². The molecule has 126 valence electrons. The van der Waals surface area contributed by atoms with Gasteiger partial charge < -0.3 is 14.8 Å². The van der Waals surface area contributed by atoms with E-state index in [4.69, 9.17) is 9.47 Å². The standard InChI is InChI=1S/C19H20FNO3/c1-2-23-19(22)12-9-15-7-10-16(11-8-15)21-13-14-24-18-6-4-3-5-17(18)20/h3-12,21H,2,13-14H2,1H3/b12-9+. The molecule has 0 unspecified atom stereocenters. The summed E-state index contributed by atoms with van der Waals surface area (Å²) in [7, 11) is 0. The summed E-state index contributed by atoms with van der Waals surface area (Å²) in [6.45, 7) is 3.03. The summed E-state index contributed by atoms with van der Waals surface area (Å²) in [5.41, 5.74) is 1.82. The van der Waals surface area contributed by atoms with Crippen molar-refractivity contribution in [2.45, 2.75) is 6.92 Å². The Bertz CT molecular complexity index is 683. The summed E-state index contributed by atoms with van der Waals surface area (Å²) in [6.07, 6.45) is 3.09. The number of benzene rings is 2. The highest BCUT2D eigenvalue weighted by Gasteiger charge is 2.00. The van der Waals surface area contributed by atoms with Gasteiger partial charge in [0.2, 0.25) is 0 Å². The molecule has 0 saturated heterocycles. The van der Waals surface area contributed by atoms with E-state index < -0.39 is 0 Å². The van der Waals surface area contributed by atoms with Crippen LogP contribution in [0.1, 0.15) is 12.5 Å². The molecular formula is C19H20FNO3. The molecule has 0 aliphatic carbocycles. The van der Waals surface area contributed by atoms with Gasteiger partial charge in [-0.25, -0.2) is 9.18 Å². The first kappa shape index (κ1) is 17.5. The molecule has 0 spiro atoms. The van der Waals surface area contributed by atoms with E-state index in [2.05, 4.69) is 5.32 Å². The number of halogens is 1. The summed E-state index contributed by atoms with van der Waals surface area (Å²) in [4.78, 5) is 11.2. The zero-order valence-corrected chi connectivity index (χ0v) is 13.5. The van der Waals surface area contributed by atoms with Gasteiger partial charge in [-0.3, -0.25) is 0 Å². The van der Waals surface area contributed by atoms with Crippen LogP contribution in [-0.2, 0) is 9.53 Å². The smallest absolute Gasteiger partial charge is 0.330 e. The fraction of sp³-hybridized carbons (Fsp3) is 0.211. The Morgan fingerprint density at radius 1 is 1.17 bits per heavy atom. The van der Waals surface area contributed by atoms with Crippen molar-refractivity contribution in [3.63, 3.8) is 0 Å². The molecule has 4 nitrogen and oxygen atoms in total. The van der Waals surface area contributed by atoms with Gasteiger partial charge in [-0.2, -0.15) is 0 Å². The quantitative estimate of drug-likeness (QED) is 0.453. The first-order chi connectivity index (χ1) is 11.7. The van der Waals surface area contributed by atoms with Crippen LogP contribution in [-0.4, -0.2) is 25.7 Å². The summed E-state index contributed by atoms with van der Waals surface area (Å²) in [5.74, 6) is -0.473. The SMILES string of the molecule is CCOC(=O)/C=C/c1ccc(NCCOc2ccccc2F)cc1. The van der Waals surface area contributed by atoms with Crippen LogP contribution in [0.25, 0.3) is 6.08 Å². The van der Waals surface area contributed by atoms with Gasteiger partial charge in [0.05, 0.1) is 6.61 Å². The fourth-order valence-corrected chi connectivity index (χ4v) is 1.98. The maximum atomic E-state index is 13.4. The van der Waals surface area contributed by atoms with Crippen LogP contribution in [0, 0.1) is 5.82 Å². The number of para-hydroxylation sites is 1. The summed E-state index contributed by atoms with van der Waals surface area (Å²) >= 11 is 0. The van der Waals surface area contributed by atoms with Gasteiger partial charge in [0.15, 0.2) is 11.6 Å². The molecule has 2 aromatic carbocycles. The van der Waals surface area contributed by atoms with E-state index in [-0.39, 0.29) is 17.5 Å². The number of ether oxygens (including phenoxy) is 2. The minimum atomic E-state index is -0.366. The molecule has 0 aliphatic rings. The van der Waals surface area contributed by atoms with Crippen molar-refractivity contribution in [1.29, 1.82) is 0 Å². The van der Waals surface area contributed by atoms with Crippen molar-refractivity contribution in [3.8, 4) is 5.75 Å². The summed E-state index contributed by atoms with van der Waals surface area (Å²) < 4.78 is 23.6. The Balaban J connectivity index is 1.76. The normalized spacial score (nSPS) is 10.6. The maximum Gasteiger partial charge on any atom is 0.330 e. The van der Waals surface area contributed by atoms with Gasteiger partial charge in [-0.05, 0) is 42.8 Å². The molecule has 5 heteroatoms. The number of nitrogens with one attached hydrogen (secondary N) is 1. The molecule has 0 atom stereocenters. The predicted octanol–water partition coefficient (Wildman–Crippen LogP) is 3.89. The second kappa shape index (κ2) is 9.35. The minimum Gasteiger partial charge on any atom is -0.489 e. The van der Waals surface area contributed by atoms with Crippen LogP contribution in [0.2, 0.25) is 0 Å². The molecule has 0 saturated carbocycles. The summed E-state index contributed by atoms with van der Waals surface area (Å²) in [5, 5.41) is 3.18. The van der Waals surface area contributed by atoms with E-state index in [1.54, 1.807) is 31.2 Å². The lowest BCUT2D eigenvalue weighted by Crippen LogP contribution is -2.11. The number of esters is 1. The highest BCUT2D eigenvalue weighted by molar-refractivity contribution is 5.87. The van der Waals surface area contributed by atoms with Gasteiger partial charge in [-0.1, -0.05) is 24.3 Å². The van der Waals surface area contributed by atoms with Crippen molar-refractivity contribution in [3.05, 3.63) is 66.0 Å². The van der Waals surface area contributed by atoms with Crippen LogP contribution < -0.4 is 10.1 Å². The third kappa shape index (κ3) is 5.76. The zero-order valence-electron chi connectivity index (χ0n) is 13.5. The lowest BCUT2D eigenvalue weighted by Gasteiger charge is -2.09. The number of hydrogen-bond donors (Lipinski definition) is 1. The molecule has 0 aromatic heterocycles. The predicted molar refractivity (Wildman–Crippen MR) is 92.5 cm³/mol. The first-order valence-corrected chi connectivity index (χ1v) is 7.75. The molecule has 0 bridgehead atoms. The average molecular weight is 329 g/mol. The van der Waals surface area contributed by atoms with E-state index in [9.17, 15) is 9.18 Å². The van der Waals surface area contributed by atoms with Crippen molar-refractivity contribution < 1.29 is 18.7 Å². The van der Waals surface area contributed by atoms with Crippen molar-refractivity contribution in [2.75, 3.05) is 25.1 Å². The highest BCUT2D eigenvalue weighted by Crippen LogP contribution is 2.15. The van der Waals surface area contributed by atoms with Crippen molar-refractivity contribution in [2.24, 2.45) is 0 Å². The second-order valence-electron chi connectivity index (χ2n) is 4.91. The average Bonchev–Trinajstić information content (AvgIpc) is 2.59. The molecule has 2 aromatic rings. The molecule has 0 fully saturated rings. The van der Waals surface area contributed by atoms with Crippen LogP contribution in [0.4, 0.5) is 10.1 Å². The van der Waals surface area contributed by atoms with Gasteiger partial charge >= 0.3 is 5.97 Å². The van der Waals surface area contributed by atoms with Crippen molar-refractivity contribution in [1.82, 2.24) is 0 Å². The lowest BCUT2D eigenvalue weighted by atomic mass is 10.2. The molecule has 0 amide bonds. The van der Waals surface area contributed by atoms with E-state index in [1.165, 1.54) is 12.1 Å². The number of carbonyl (C=O) groups is 1. The fourth-order valence-electron chi connectivity index (χ4n) is 1.98. The second-order valence-corrected chi connectivity index (χ2v) is 4.91. The van der Waals surface area contributed by atoms with Gasteiger partial charge in [0, 0.05) is 18.3 Å².